The van der Waals surface area contributed by atoms with E-state index in [-0.39, 0.29) is 49.4 Å². The maximum atomic E-state index is 13.4. The first-order chi connectivity index (χ1) is 28.9. The van der Waals surface area contributed by atoms with Crippen molar-refractivity contribution in [2.75, 3.05) is 17.2 Å². The van der Waals surface area contributed by atoms with Gasteiger partial charge in [0.2, 0.25) is 21.8 Å². The molecule has 1 unspecified atom stereocenters. The van der Waals surface area contributed by atoms with E-state index < -0.39 is 27.6 Å². The van der Waals surface area contributed by atoms with Gasteiger partial charge in [-0.2, -0.15) is 0 Å². The van der Waals surface area contributed by atoms with Gasteiger partial charge in [-0.3, -0.25) is 14.4 Å². The van der Waals surface area contributed by atoms with Crippen LogP contribution < -0.4 is 24.8 Å². The Balaban J connectivity index is 1.15. The number of Topliss-reactive ketones (excluding diaryl/α,β-unsaturated/α-hetero) is 1. The molecule has 0 aromatic heterocycles. The number of sulfone groups is 1. The summed E-state index contributed by atoms with van der Waals surface area (Å²) < 4.78 is 44.5. The van der Waals surface area contributed by atoms with Crippen LogP contribution in [0, 0.1) is 0 Å². The molecule has 0 spiro atoms. The van der Waals surface area contributed by atoms with Crippen LogP contribution in [0.3, 0.4) is 0 Å². The Labute approximate surface area is 364 Å². The van der Waals surface area contributed by atoms with Crippen molar-refractivity contribution in [2.24, 2.45) is 0 Å². The summed E-state index contributed by atoms with van der Waals surface area (Å²) in [5.41, 5.74) is 3.90. The molecule has 0 fully saturated rings. The smallest absolute Gasteiger partial charge is 0.273 e. The molecule has 5 aromatic carbocycles. The number of halogens is 1. The Morgan fingerprint density at radius 1 is 0.721 bits per heavy atom. The fraction of sp³-hybridized carbons (Fsp3) is 0.327. The van der Waals surface area contributed by atoms with Gasteiger partial charge in [0.05, 0.1) is 27.1 Å². The van der Waals surface area contributed by atoms with Gasteiger partial charge >= 0.3 is 0 Å². The molecule has 12 heteroatoms. The summed E-state index contributed by atoms with van der Waals surface area (Å²) in [6.07, 6.45) is 1.04. The van der Waals surface area contributed by atoms with Gasteiger partial charge in [-0.15, -0.1) is 0 Å². The summed E-state index contributed by atoms with van der Waals surface area (Å²) in [4.78, 5) is 39.0. The molecular weight excluding hydrogens is 812 g/mol. The number of carbonyl (C=O) groups excluding carboxylic acids is 3. The molecule has 0 saturated carbocycles. The van der Waals surface area contributed by atoms with Crippen molar-refractivity contribution in [3.63, 3.8) is 0 Å². The number of carbonyl (C=O) groups is 3. The third kappa shape index (κ3) is 12.2. The van der Waals surface area contributed by atoms with Crippen molar-refractivity contribution >= 4 is 50.4 Å². The molecule has 2 N–H and O–H groups in total. The third-order valence-corrected chi connectivity index (χ3v) is 13.1. The number of anilines is 2. The van der Waals surface area contributed by atoms with Crippen molar-refractivity contribution < 1.29 is 37.0 Å². The molecule has 5 rings (SSSR count). The molecule has 0 saturated heterocycles. The predicted molar refractivity (Wildman–Crippen MR) is 241 cm³/mol. The minimum absolute atomic E-state index is 0.00810. The highest BCUT2D eigenvalue weighted by Gasteiger charge is 2.28. The summed E-state index contributed by atoms with van der Waals surface area (Å²) in [7, 11) is -3.90. The largest absolute Gasteiger partial charge is 0.493 e. The summed E-state index contributed by atoms with van der Waals surface area (Å²) >= 11 is 6.41. The van der Waals surface area contributed by atoms with Gasteiger partial charge in [-0.05, 0) is 121 Å². The number of hydrogen-bond acceptors (Lipinski definition) is 8. The molecule has 0 aliphatic carbocycles. The second-order valence-corrected chi connectivity index (χ2v) is 18.6. The Hall–Kier alpha value is -5.65. The van der Waals surface area contributed by atoms with Crippen LogP contribution >= 0.6 is 11.6 Å². The first kappa shape index (κ1) is 46.4. The van der Waals surface area contributed by atoms with Gasteiger partial charge in [0.15, 0.2) is 5.78 Å². The second kappa shape index (κ2) is 20.3. The van der Waals surface area contributed by atoms with Crippen molar-refractivity contribution in [3.05, 3.63) is 137 Å². The summed E-state index contributed by atoms with van der Waals surface area (Å²) in [6, 6.07) is 32.2. The highest BCUT2D eigenvalue weighted by Crippen LogP contribution is 2.38. The third-order valence-electron chi connectivity index (χ3n) is 10.9. The van der Waals surface area contributed by atoms with Crippen LogP contribution in [0.5, 0.6) is 17.2 Å². The van der Waals surface area contributed by atoms with Gasteiger partial charge in [0.1, 0.15) is 23.9 Å². The van der Waals surface area contributed by atoms with E-state index in [1.807, 2.05) is 36.4 Å². The highest BCUT2D eigenvalue weighted by molar-refractivity contribution is 7.91. The SMILES string of the molecule is CCC(C)(C)c1ccc(OCCCC(=O)Nc2ccc(Cl)c(NC(=O)C(Oc3ccc(S(=O)(=O)c4ccc(OCc5ccccc5)cc4)cc3)C(C)=O)c2)c(C(C)(C)CC)c1. The van der Waals surface area contributed by atoms with Crippen molar-refractivity contribution in [1.82, 2.24) is 0 Å². The van der Waals surface area contributed by atoms with E-state index >= 15 is 0 Å². The summed E-state index contributed by atoms with van der Waals surface area (Å²) in [5, 5.41) is 5.63. The Bertz CT molecular complexity index is 2420. The number of benzene rings is 5. The fourth-order valence-electron chi connectivity index (χ4n) is 6.28. The first-order valence-corrected chi connectivity index (χ1v) is 22.3. The quantitative estimate of drug-likeness (QED) is 0.0583. The molecule has 0 aliphatic heterocycles. The summed E-state index contributed by atoms with van der Waals surface area (Å²) in [5.74, 6) is -0.220. The molecule has 2 amide bonds. The lowest BCUT2D eigenvalue weighted by atomic mass is 9.76. The van der Waals surface area contributed by atoms with E-state index in [1.165, 1.54) is 61.0 Å². The van der Waals surface area contributed by atoms with Crippen molar-refractivity contribution in [3.8, 4) is 17.2 Å². The van der Waals surface area contributed by atoms with Crippen LogP contribution in [0.1, 0.15) is 90.8 Å². The average molecular weight is 868 g/mol. The van der Waals surface area contributed by atoms with Gasteiger partial charge in [0.25, 0.3) is 5.91 Å². The molecule has 5 aromatic rings. The van der Waals surface area contributed by atoms with Gasteiger partial charge < -0.3 is 24.8 Å². The van der Waals surface area contributed by atoms with E-state index in [9.17, 15) is 22.8 Å². The van der Waals surface area contributed by atoms with Crippen LogP contribution in [0.4, 0.5) is 11.4 Å². The topological polar surface area (TPSA) is 137 Å². The maximum Gasteiger partial charge on any atom is 0.273 e. The van der Waals surface area contributed by atoms with E-state index in [0.29, 0.717) is 31.1 Å². The molecule has 1 atom stereocenters. The van der Waals surface area contributed by atoms with Crippen molar-refractivity contribution in [1.29, 1.82) is 0 Å². The lowest BCUT2D eigenvalue weighted by Crippen LogP contribution is -2.38. The minimum Gasteiger partial charge on any atom is -0.493 e. The minimum atomic E-state index is -3.90. The fourth-order valence-corrected chi connectivity index (χ4v) is 7.71. The van der Waals surface area contributed by atoms with E-state index in [1.54, 1.807) is 18.2 Å². The monoisotopic (exact) mass is 866 g/mol. The van der Waals surface area contributed by atoms with Crippen molar-refractivity contribution in [2.45, 2.75) is 107 Å². The zero-order chi connectivity index (χ0) is 44.4. The molecule has 0 radical (unpaired) electrons. The lowest BCUT2D eigenvalue weighted by molar-refractivity contribution is -0.133. The van der Waals surface area contributed by atoms with E-state index in [0.717, 1.165) is 29.7 Å². The predicted octanol–water partition coefficient (Wildman–Crippen LogP) is 10.9. The van der Waals surface area contributed by atoms with Gasteiger partial charge in [-0.1, -0.05) is 95.6 Å². The first-order valence-electron chi connectivity index (χ1n) is 20.4. The van der Waals surface area contributed by atoms with E-state index in [2.05, 4.69) is 64.3 Å². The molecule has 0 heterocycles. The average Bonchev–Trinajstić information content (AvgIpc) is 3.25. The Morgan fingerprint density at radius 3 is 1.95 bits per heavy atom. The number of ether oxygens (including phenoxy) is 3. The number of nitrogens with one attached hydrogen (secondary N) is 2. The number of rotatable bonds is 20. The van der Waals surface area contributed by atoms with Gasteiger partial charge in [-0.25, -0.2) is 8.42 Å². The maximum absolute atomic E-state index is 13.4. The summed E-state index contributed by atoms with van der Waals surface area (Å²) in [6.45, 7) is 15.2. The zero-order valence-electron chi connectivity index (χ0n) is 35.8. The molecule has 0 aliphatic rings. The number of hydrogen-bond donors (Lipinski definition) is 2. The van der Waals surface area contributed by atoms with Crippen LogP contribution in [-0.2, 0) is 41.7 Å². The van der Waals surface area contributed by atoms with Crippen LogP contribution in [0.25, 0.3) is 0 Å². The molecule has 0 bridgehead atoms. The number of amides is 2. The number of ketones is 1. The Kier molecular flexibility index (Phi) is 15.4. The van der Waals surface area contributed by atoms with Gasteiger partial charge in [0, 0.05) is 17.7 Å². The molecule has 10 nitrogen and oxygen atoms in total. The van der Waals surface area contributed by atoms with Crippen LogP contribution in [0.15, 0.2) is 125 Å². The molecule has 61 heavy (non-hydrogen) atoms. The van der Waals surface area contributed by atoms with Crippen LogP contribution in [0.2, 0.25) is 5.02 Å². The molecule has 322 valence electrons. The highest BCUT2D eigenvalue weighted by atomic mass is 35.5. The standard InChI is InChI=1S/C49H55ClN2O8S/c1-8-48(4,5)35-17-28-44(41(30-35)49(6,7)9-2)58-29-13-16-45(54)51-36-18-27-42(50)43(31-36)52-47(55)46(33(3)53)60-38-21-25-40(26-22-38)61(56,57)39-23-19-37(20-24-39)59-32-34-14-11-10-12-15-34/h10-12,14-15,17-28,30-31,46H,8-9,13,16,29,32H2,1-7H3,(H,51,54)(H,52,55). The van der Waals surface area contributed by atoms with Crippen LogP contribution in [-0.4, -0.2) is 38.7 Å². The Morgan fingerprint density at radius 2 is 1.34 bits per heavy atom. The lowest BCUT2D eigenvalue weighted by Gasteiger charge is -2.30. The second-order valence-electron chi connectivity index (χ2n) is 16.2. The normalized spacial score (nSPS) is 12.3. The van der Waals surface area contributed by atoms with E-state index in [4.69, 9.17) is 25.8 Å². The zero-order valence-corrected chi connectivity index (χ0v) is 37.4. The molecular formula is C49H55ClN2O8S.